The first-order chi connectivity index (χ1) is 7.33. The first kappa shape index (κ1) is 13.0. The van der Waals surface area contributed by atoms with Gasteiger partial charge in [-0.05, 0) is 31.7 Å². The molecular formula is C13H27NO. The molecule has 15 heavy (non-hydrogen) atoms. The topological polar surface area (TPSA) is 23.5 Å². The molecular weight excluding hydrogens is 186 g/mol. The second-order valence-electron chi connectivity index (χ2n) is 4.73. The predicted octanol–water partition coefficient (Wildman–Crippen LogP) is 2.66. The first-order valence-electron chi connectivity index (χ1n) is 6.68. The molecule has 0 aromatic carbocycles. The first-order valence-corrected chi connectivity index (χ1v) is 6.68. The maximum atomic E-state index is 8.91. The van der Waals surface area contributed by atoms with E-state index in [1.165, 1.54) is 32.1 Å². The molecule has 1 fully saturated rings. The van der Waals surface area contributed by atoms with Gasteiger partial charge in [-0.25, -0.2) is 0 Å². The van der Waals surface area contributed by atoms with Crippen LogP contribution in [0.5, 0.6) is 0 Å². The highest BCUT2D eigenvalue weighted by Gasteiger charge is 2.27. The summed E-state index contributed by atoms with van der Waals surface area (Å²) >= 11 is 0. The molecule has 0 radical (unpaired) electrons. The molecule has 90 valence electrons. The Balaban J connectivity index is 2.47. The lowest BCUT2D eigenvalue weighted by Crippen LogP contribution is -2.43. The maximum absolute atomic E-state index is 8.91. The predicted molar refractivity (Wildman–Crippen MR) is 65.0 cm³/mol. The quantitative estimate of drug-likeness (QED) is 0.733. The molecule has 2 heteroatoms. The number of hydrogen-bond acceptors (Lipinski definition) is 2. The highest BCUT2D eigenvalue weighted by molar-refractivity contribution is 4.82. The van der Waals surface area contributed by atoms with E-state index in [-0.39, 0.29) is 0 Å². The van der Waals surface area contributed by atoms with Gasteiger partial charge in [-0.3, -0.25) is 0 Å². The van der Waals surface area contributed by atoms with E-state index < -0.39 is 0 Å². The van der Waals surface area contributed by atoms with Crippen molar-refractivity contribution in [2.45, 2.75) is 58.4 Å². The van der Waals surface area contributed by atoms with Crippen LogP contribution in [0.1, 0.15) is 52.4 Å². The number of rotatable bonds is 6. The number of aliphatic hydroxyl groups excluding tert-OH is 1. The van der Waals surface area contributed by atoms with Crippen molar-refractivity contribution in [1.29, 1.82) is 0 Å². The van der Waals surface area contributed by atoms with Crippen molar-refractivity contribution in [3.63, 3.8) is 0 Å². The van der Waals surface area contributed by atoms with Crippen molar-refractivity contribution >= 4 is 0 Å². The van der Waals surface area contributed by atoms with Crippen LogP contribution in [0.3, 0.4) is 0 Å². The Morgan fingerprint density at radius 3 is 2.53 bits per heavy atom. The molecule has 0 heterocycles. The van der Waals surface area contributed by atoms with Gasteiger partial charge in [0.25, 0.3) is 0 Å². The van der Waals surface area contributed by atoms with E-state index in [1.54, 1.807) is 0 Å². The van der Waals surface area contributed by atoms with Crippen molar-refractivity contribution in [2.75, 3.05) is 19.7 Å². The number of hydrogen-bond donors (Lipinski definition) is 1. The van der Waals surface area contributed by atoms with Gasteiger partial charge in [-0.15, -0.1) is 0 Å². The van der Waals surface area contributed by atoms with Crippen molar-refractivity contribution in [2.24, 2.45) is 5.92 Å². The summed E-state index contributed by atoms with van der Waals surface area (Å²) < 4.78 is 0. The second-order valence-corrected chi connectivity index (χ2v) is 4.73. The van der Waals surface area contributed by atoms with Crippen molar-refractivity contribution in [3.05, 3.63) is 0 Å². The van der Waals surface area contributed by atoms with Crippen LogP contribution in [-0.2, 0) is 0 Å². The Morgan fingerprint density at radius 1 is 1.20 bits per heavy atom. The van der Waals surface area contributed by atoms with Crippen LogP contribution >= 0.6 is 0 Å². The fourth-order valence-corrected chi connectivity index (χ4v) is 2.98. The fraction of sp³-hybridized carbons (Fsp3) is 1.00. The van der Waals surface area contributed by atoms with Crippen molar-refractivity contribution in [3.8, 4) is 0 Å². The SMILES string of the molecule is CCC1CCCCC1N(CC)CCCO. The number of nitrogens with zero attached hydrogens (tertiary/aromatic N) is 1. The Kier molecular flexibility index (Phi) is 6.26. The zero-order chi connectivity index (χ0) is 11.1. The summed E-state index contributed by atoms with van der Waals surface area (Å²) in [5.74, 6) is 0.900. The lowest BCUT2D eigenvalue weighted by Gasteiger charge is -2.39. The van der Waals surface area contributed by atoms with Crippen LogP contribution in [0, 0.1) is 5.92 Å². The Morgan fingerprint density at radius 2 is 1.93 bits per heavy atom. The minimum Gasteiger partial charge on any atom is -0.396 e. The molecule has 0 amide bonds. The zero-order valence-electron chi connectivity index (χ0n) is 10.4. The summed E-state index contributed by atoms with van der Waals surface area (Å²) in [5, 5.41) is 8.91. The lowest BCUT2D eigenvalue weighted by molar-refractivity contribution is 0.0984. The van der Waals surface area contributed by atoms with Gasteiger partial charge in [-0.1, -0.05) is 33.1 Å². The van der Waals surface area contributed by atoms with E-state index >= 15 is 0 Å². The summed E-state index contributed by atoms with van der Waals surface area (Å²) in [6, 6.07) is 0.792. The molecule has 1 N–H and O–H groups in total. The molecule has 1 rings (SSSR count). The molecule has 0 aromatic rings. The van der Waals surface area contributed by atoms with E-state index in [0.717, 1.165) is 31.5 Å². The Labute approximate surface area is 94.7 Å². The zero-order valence-corrected chi connectivity index (χ0v) is 10.4. The average Bonchev–Trinajstić information content (AvgIpc) is 2.30. The molecule has 0 aliphatic heterocycles. The van der Waals surface area contributed by atoms with Crippen LogP contribution in [0.2, 0.25) is 0 Å². The normalized spacial score (nSPS) is 27.2. The summed E-state index contributed by atoms with van der Waals surface area (Å²) in [4.78, 5) is 2.59. The van der Waals surface area contributed by atoms with Gasteiger partial charge in [0.05, 0.1) is 0 Å². The van der Waals surface area contributed by atoms with Crippen LogP contribution in [0.4, 0.5) is 0 Å². The molecule has 1 saturated carbocycles. The summed E-state index contributed by atoms with van der Waals surface area (Å²) in [6.07, 6.45) is 7.86. The smallest absolute Gasteiger partial charge is 0.0443 e. The lowest BCUT2D eigenvalue weighted by atomic mass is 9.82. The molecule has 0 bridgehead atoms. The van der Waals surface area contributed by atoms with Crippen LogP contribution in [0.15, 0.2) is 0 Å². The largest absolute Gasteiger partial charge is 0.396 e. The molecule has 1 aliphatic carbocycles. The molecule has 0 spiro atoms. The molecule has 0 aromatic heterocycles. The van der Waals surface area contributed by atoms with Gasteiger partial charge in [0.2, 0.25) is 0 Å². The number of aliphatic hydroxyl groups is 1. The highest BCUT2D eigenvalue weighted by Crippen LogP contribution is 2.30. The summed E-state index contributed by atoms with van der Waals surface area (Å²) in [6.45, 7) is 7.12. The standard InChI is InChI=1S/C13H27NO/c1-3-12-8-5-6-9-13(12)14(4-2)10-7-11-15/h12-13,15H,3-11H2,1-2H3. The van der Waals surface area contributed by atoms with Gasteiger partial charge in [0.1, 0.15) is 0 Å². The van der Waals surface area contributed by atoms with Crippen LogP contribution in [0.25, 0.3) is 0 Å². The van der Waals surface area contributed by atoms with Crippen molar-refractivity contribution < 1.29 is 5.11 Å². The molecule has 2 nitrogen and oxygen atoms in total. The van der Waals surface area contributed by atoms with E-state index in [2.05, 4.69) is 18.7 Å². The van der Waals surface area contributed by atoms with Gasteiger partial charge >= 0.3 is 0 Å². The third-order valence-corrected chi connectivity index (χ3v) is 3.87. The molecule has 0 saturated heterocycles. The van der Waals surface area contributed by atoms with Gasteiger partial charge in [0.15, 0.2) is 0 Å². The summed E-state index contributed by atoms with van der Waals surface area (Å²) in [5.41, 5.74) is 0. The third kappa shape index (κ3) is 3.76. The highest BCUT2D eigenvalue weighted by atomic mass is 16.3. The second kappa shape index (κ2) is 7.24. The average molecular weight is 213 g/mol. The molecule has 2 unspecified atom stereocenters. The van der Waals surface area contributed by atoms with Gasteiger partial charge in [-0.2, -0.15) is 0 Å². The van der Waals surface area contributed by atoms with E-state index in [4.69, 9.17) is 5.11 Å². The molecule has 1 aliphatic rings. The minimum absolute atomic E-state index is 0.333. The Hall–Kier alpha value is -0.0800. The van der Waals surface area contributed by atoms with E-state index in [0.29, 0.717) is 6.61 Å². The third-order valence-electron chi connectivity index (χ3n) is 3.87. The van der Waals surface area contributed by atoms with Crippen LogP contribution in [-0.4, -0.2) is 35.7 Å². The van der Waals surface area contributed by atoms with Gasteiger partial charge in [0, 0.05) is 19.2 Å². The van der Waals surface area contributed by atoms with E-state index in [1.807, 2.05) is 0 Å². The van der Waals surface area contributed by atoms with E-state index in [9.17, 15) is 0 Å². The maximum Gasteiger partial charge on any atom is 0.0443 e. The Bertz CT molecular complexity index is 161. The minimum atomic E-state index is 0.333. The fourth-order valence-electron chi connectivity index (χ4n) is 2.98. The van der Waals surface area contributed by atoms with Crippen LogP contribution < -0.4 is 0 Å². The molecule has 2 atom stereocenters. The monoisotopic (exact) mass is 213 g/mol. The van der Waals surface area contributed by atoms with Crippen molar-refractivity contribution in [1.82, 2.24) is 4.90 Å². The van der Waals surface area contributed by atoms with Gasteiger partial charge < -0.3 is 10.0 Å². The summed E-state index contributed by atoms with van der Waals surface area (Å²) in [7, 11) is 0.